The summed E-state index contributed by atoms with van der Waals surface area (Å²) in [5, 5.41) is 9.60. The Bertz CT molecular complexity index is 1100. The normalized spacial score (nSPS) is 13.8. The highest BCUT2D eigenvalue weighted by molar-refractivity contribution is 6.30. The molecule has 0 spiro atoms. The van der Waals surface area contributed by atoms with Crippen LogP contribution in [0.25, 0.3) is 0 Å². The highest BCUT2D eigenvalue weighted by Crippen LogP contribution is 2.37. The molecule has 2 heterocycles. The van der Waals surface area contributed by atoms with E-state index < -0.39 is 6.10 Å². The van der Waals surface area contributed by atoms with Crippen molar-refractivity contribution in [2.45, 2.75) is 19.4 Å². The van der Waals surface area contributed by atoms with Crippen LogP contribution in [0, 0.1) is 18.3 Å². The van der Waals surface area contributed by atoms with E-state index in [0.29, 0.717) is 46.4 Å². The lowest BCUT2D eigenvalue weighted by Crippen LogP contribution is -2.17. The molecule has 0 saturated carbocycles. The molecule has 1 aliphatic rings. The molecule has 5 nitrogen and oxygen atoms in total. The highest BCUT2D eigenvalue weighted by atomic mass is 35.5. The van der Waals surface area contributed by atoms with Crippen molar-refractivity contribution in [2.75, 3.05) is 6.61 Å². The zero-order chi connectivity index (χ0) is 20.4. The summed E-state index contributed by atoms with van der Waals surface area (Å²) in [7, 11) is 0. The van der Waals surface area contributed by atoms with E-state index in [1.54, 1.807) is 42.6 Å². The van der Waals surface area contributed by atoms with Gasteiger partial charge in [-0.1, -0.05) is 23.7 Å². The van der Waals surface area contributed by atoms with Crippen LogP contribution in [0.3, 0.4) is 0 Å². The maximum Gasteiger partial charge on any atom is 0.170 e. The molecular weight excluding hydrogens is 388 g/mol. The van der Waals surface area contributed by atoms with Gasteiger partial charge in [0.2, 0.25) is 0 Å². The second-order valence-electron chi connectivity index (χ2n) is 6.72. The summed E-state index contributed by atoms with van der Waals surface area (Å²) >= 11 is 5.99. The third-order valence-corrected chi connectivity index (χ3v) is 5.06. The number of hydrogen-bond acceptors (Lipinski definition) is 5. The van der Waals surface area contributed by atoms with Gasteiger partial charge in [-0.25, -0.2) is 0 Å². The lowest BCUT2D eigenvalue weighted by atomic mass is 10.0. The summed E-state index contributed by atoms with van der Waals surface area (Å²) in [4.78, 5) is 16.6. The predicted molar refractivity (Wildman–Crippen MR) is 108 cm³/mol. The molecule has 144 valence electrons. The molecule has 29 heavy (non-hydrogen) atoms. The highest BCUT2D eigenvalue weighted by Gasteiger charge is 2.25. The number of pyridine rings is 1. The third-order valence-electron chi connectivity index (χ3n) is 4.84. The van der Waals surface area contributed by atoms with Crippen molar-refractivity contribution in [3.8, 4) is 17.6 Å². The van der Waals surface area contributed by atoms with Gasteiger partial charge in [0.15, 0.2) is 11.9 Å². The van der Waals surface area contributed by atoms with E-state index in [1.165, 1.54) is 0 Å². The van der Waals surface area contributed by atoms with Crippen LogP contribution in [0.2, 0.25) is 5.02 Å². The topological polar surface area (TPSA) is 72.2 Å². The molecule has 1 atom stereocenters. The molecule has 0 aliphatic carbocycles. The minimum absolute atomic E-state index is 0.0731. The van der Waals surface area contributed by atoms with E-state index in [1.807, 2.05) is 19.1 Å². The molecule has 6 heteroatoms. The maximum absolute atomic E-state index is 12.1. The van der Waals surface area contributed by atoms with E-state index in [9.17, 15) is 4.79 Å². The SMILES string of the molecule is Cc1c(OC(c2ccc(C#N)cc2)c2ccc(Cl)cn2)ccc2c1OCCC2=O. The number of Topliss-reactive ketones (excluding diaryl/α,β-unsaturated/α-hetero) is 1. The summed E-state index contributed by atoms with van der Waals surface area (Å²) in [6, 6.07) is 16.4. The Morgan fingerprint density at radius 1 is 1.17 bits per heavy atom. The Labute approximate surface area is 173 Å². The minimum Gasteiger partial charge on any atom is -0.492 e. The smallest absolute Gasteiger partial charge is 0.170 e. The first-order valence-corrected chi connectivity index (χ1v) is 9.52. The van der Waals surface area contributed by atoms with Gasteiger partial charge in [-0.2, -0.15) is 5.26 Å². The quantitative estimate of drug-likeness (QED) is 0.608. The number of carbonyl (C=O) groups excluding carboxylic acids is 1. The summed E-state index contributed by atoms with van der Waals surface area (Å²) in [6.45, 7) is 2.24. The van der Waals surface area contributed by atoms with Gasteiger partial charge in [0, 0.05) is 18.2 Å². The minimum atomic E-state index is -0.518. The van der Waals surface area contributed by atoms with Crippen LogP contribution < -0.4 is 9.47 Å². The second kappa shape index (κ2) is 7.94. The van der Waals surface area contributed by atoms with Gasteiger partial charge >= 0.3 is 0 Å². The fourth-order valence-electron chi connectivity index (χ4n) is 3.29. The Morgan fingerprint density at radius 3 is 2.66 bits per heavy atom. The first-order chi connectivity index (χ1) is 14.1. The Hall–Kier alpha value is -3.36. The third kappa shape index (κ3) is 3.80. The standard InChI is InChI=1S/C23H17ClN2O3/c1-14-21(9-7-18-20(27)10-11-28-22(14)18)29-23(19-8-6-17(24)13-26-19)16-4-2-15(12-25)3-5-16/h2-9,13,23H,10-11H2,1H3. The van der Waals surface area contributed by atoms with Crippen molar-refractivity contribution >= 4 is 17.4 Å². The monoisotopic (exact) mass is 404 g/mol. The van der Waals surface area contributed by atoms with Crippen LogP contribution in [0.15, 0.2) is 54.7 Å². The molecule has 3 aromatic rings. The molecule has 1 aromatic heterocycles. The first kappa shape index (κ1) is 19.0. The van der Waals surface area contributed by atoms with Gasteiger partial charge in [-0.15, -0.1) is 0 Å². The van der Waals surface area contributed by atoms with Gasteiger partial charge in [-0.05, 0) is 48.9 Å². The summed E-state index contributed by atoms with van der Waals surface area (Å²) in [6.07, 6.45) is 1.43. The number of rotatable bonds is 4. The predicted octanol–water partition coefficient (Wildman–Crippen LogP) is 5.05. The van der Waals surface area contributed by atoms with E-state index in [0.717, 1.165) is 11.1 Å². The number of ketones is 1. The Morgan fingerprint density at radius 2 is 1.97 bits per heavy atom. The molecule has 0 bridgehead atoms. The van der Waals surface area contributed by atoms with E-state index >= 15 is 0 Å². The summed E-state index contributed by atoms with van der Waals surface area (Å²) < 4.78 is 12.1. The van der Waals surface area contributed by atoms with Crippen LogP contribution in [0.5, 0.6) is 11.5 Å². The van der Waals surface area contributed by atoms with Crippen LogP contribution in [0.4, 0.5) is 0 Å². The van der Waals surface area contributed by atoms with Crippen LogP contribution in [0.1, 0.15) is 45.3 Å². The van der Waals surface area contributed by atoms with E-state index in [2.05, 4.69) is 11.1 Å². The number of halogens is 1. The molecule has 1 aliphatic heterocycles. The lowest BCUT2D eigenvalue weighted by molar-refractivity contribution is 0.0932. The number of nitriles is 1. The fraction of sp³-hybridized carbons (Fsp3) is 0.174. The average Bonchev–Trinajstić information content (AvgIpc) is 2.75. The van der Waals surface area contributed by atoms with Crippen molar-refractivity contribution in [1.82, 2.24) is 4.98 Å². The number of nitrogens with zero attached hydrogens (tertiary/aromatic N) is 2. The molecule has 0 N–H and O–H groups in total. The Balaban J connectivity index is 1.75. The lowest BCUT2D eigenvalue weighted by Gasteiger charge is -2.24. The molecule has 2 aromatic carbocycles. The first-order valence-electron chi connectivity index (χ1n) is 9.14. The average molecular weight is 405 g/mol. The van der Waals surface area contributed by atoms with Crippen molar-refractivity contribution in [3.05, 3.63) is 87.7 Å². The summed E-state index contributed by atoms with van der Waals surface area (Å²) in [5.41, 5.74) is 3.43. The molecule has 0 saturated heterocycles. The molecule has 0 amide bonds. The maximum atomic E-state index is 12.1. The number of fused-ring (bicyclic) bond motifs is 1. The molecule has 0 fully saturated rings. The van der Waals surface area contributed by atoms with Gasteiger partial charge in [-0.3, -0.25) is 9.78 Å². The molecule has 4 rings (SSSR count). The molecule has 1 unspecified atom stereocenters. The van der Waals surface area contributed by atoms with E-state index in [4.69, 9.17) is 26.3 Å². The molecule has 0 radical (unpaired) electrons. The van der Waals surface area contributed by atoms with Crippen LogP contribution in [-0.2, 0) is 0 Å². The van der Waals surface area contributed by atoms with Crippen LogP contribution >= 0.6 is 11.6 Å². The second-order valence-corrected chi connectivity index (χ2v) is 7.16. The van der Waals surface area contributed by atoms with Crippen molar-refractivity contribution in [1.29, 1.82) is 5.26 Å². The van der Waals surface area contributed by atoms with Crippen LogP contribution in [-0.4, -0.2) is 17.4 Å². The number of ether oxygens (including phenoxy) is 2. The zero-order valence-corrected chi connectivity index (χ0v) is 16.4. The number of benzene rings is 2. The molecular formula is C23H17ClN2O3. The number of aromatic nitrogens is 1. The van der Waals surface area contributed by atoms with Gasteiger partial charge in [0.1, 0.15) is 11.5 Å². The van der Waals surface area contributed by atoms with Gasteiger partial charge in [0.25, 0.3) is 0 Å². The Kier molecular flexibility index (Phi) is 5.20. The summed E-state index contributed by atoms with van der Waals surface area (Å²) in [5.74, 6) is 1.25. The van der Waals surface area contributed by atoms with E-state index in [-0.39, 0.29) is 5.78 Å². The number of hydrogen-bond donors (Lipinski definition) is 0. The van der Waals surface area contributed by atoms with Crippen molar-refractivity contribution in [3.63, 3.8) is 0 Å². The van der Waals surface area contributed by atoms with Crippen molar-refractivity contribution < 1.29 is 14.3 Å². The zero-order valence-electron chi connectivity index (χ0n) is 15.7. The van der Waals surface area contributed by atoms with Crippen molar-refractivity contribution in [2.24, 2.45) is 0 Å². The fourth-order valence-corrected chi connectivity index (χ4v) is 3.40. The van der Waals surface area contributed by atoms with Gasteiger partial charge in [0.05, 0.1) is 34.5 Å². The largest absolute Gasteiger partial charge is 0.492 e. The number of carbonyl (C=O) groups is 1. The van der Waals surface area contributed by atoms with Gasteiger partial charge < -0.3 is 9.47 Å².